The van der Waals surface area contributed by atoms with Crippen LogP contribution >= 0.6 is 0 Å². The lowest BCUT2D eigenvalue weighted by Crippen LogP contribution is -2.28. The Labute approximate surface area is 72.8 Å². The zero-order chi connectivity index (χ0) is 8.97. The van der Waals surface area contributed by atoms with E-state index in [2.05, 4.69) is 21.9 Å². The van der Waals surface area contributed by atoms with E-state index in [-0.39, 0.29) is 6.04 Å². The summed E-state index contributed by atoms with van der Waals surface area (Å²) in [6, 6.07) is 0.117. The lowest BCUT2D eigenvalue weighted by atomic mass is 10.3. The zero-order valence-electron chi connectivity index (χ0n) is 7.62. The highest BCUT2D eigenvalue weighted by Crippen LogP contribution is 2.08. The number of nitrogens with one attached hydrogen (secondary N) is 1. The fourth-order valence-corrected chi connectivity index (χ4v) is 1.21. The number of hydrogen-bond donors (Lipinski definition) is 2. The summed E-state index contributed by atoms with van der Waals surface area (Å²) in [5.41, 5.74) is 2.68. The van der Waals surface area contributed by atoms with Crippen molar-refractivity contribution in [2.75, 3.05) is 0 Å². The van der Waals surface area contributed by atoms with Gasteiger partial charge in [-0.3, -0.25) is 11.3 Å². The molecule has 0 aliphatic heterocycles. The van der Waals surface area contributed by atoms with Gasteiger partial charge in [0, 0.05) is 18.9 Å². The van der Waals surface area contributed by atoms with Gasteiger partial charge in [-0.25, -0.2) is 4.98 Å². The van der Waals surface area contributed by atoms with Crippen molar-refractivity contribution < 1.29 is 0 Å². The molecule has 0 amide bonds. The highest BCUT2D eigenvalue weighted by atomic mass is 15.3. The molecule has 0 fully saturated rings. The number of nitrogens with two attached hydrogens (primary N) is 1. The first-order chi connectivity index (χ1) is 5.79. The fourth-order valence-electron chi connectivity index (χ4n) is 1.21. The second-order valence-corrected chi connectivity index (χ2v) is 2.87. The molecule has 1 atom stereocenters. The van der Waals surface area contributed by atoms with Crippen LogP contribution in [0.4, 0.5) is 0 Å². The maximum Gasteiger partial charge on any atom is 0.126 e. The Bertz CT molecular complexity index is 231. The molecule has 0 spiro atoms. The van der Waals surface area contributed by atoms with E-state index in [1.54, 1.807) is 6.20 Å². The Morgan fingerprint density at radius 3 is 3.08 bits per heavy atom. The number of hydrazine groups is 1. The van der Waals surface area contributed by atoms with Gasteiger partial charge >= 0.3 is 0 Å². The van der Waals surface area contributed by atoms with Gasteiger partial charge in [0.2, 0.25) is 0 Å². The second kappa shape index (κ2) is 4.23. The molecule has 0 aliphatic carbocycles. The monoisotopic (exact) mass is 168 g/mol. The first-order valence-corrected chi connectivity index (χ1v) is 4.26. The summed E-state index contributed by atoms with van der Waals surface area (Å²) < 4.78 is 2.12. The van der Waals surface area contributed by atoms with E-state index >= 15 is 0 Å². The van der Waals surface area contributed by atoms with Gasteiger partial charge in [0.1, 0.15) is 5.82 Å². The first kappa shape index (κ1) is 9.22. The van der Waals surface area contributed by atoms with Crippen LogP contribution in [0.15, 0.2) is 12.4 Å². The van der Waals surface area contributed by atoms with E-state index in [0.29, 0.717) is 0 Å². The molecule has 1 aromatic heterocycles. The number of aromatic nitrogens is 2. The summed E-state index contributed by atoms with van der Waals surface area (Å²) in [6.45, 7) is 5.14. The zero-order valence-corrected chi connectivity index (χ0v) is 7.62. The number of aryl methyl sites for hydroxylation is 1. The van der Waals surface area contributed by atoms with Crippen molar-refractivity contribution in [1.29, 1.82) is 0 Å². The van der Waals surface area contributed by atoms with Crippen LogP contribution in [0.25, 0.3) is 0 Å². The standard InChI is InChI=1S/C8H16N4/c1-3-5-12-6-4-10-8(12)7(2)11-9/h4,6-7,11H,3,5,9H2,1-2H3. The Morgan fingerprint density at radius 2 is 2.50 bits per heavy atom. The lowest BCUT2D eigenvalue weighted by molar-refractivity contribution is 0.522. The molecule has 0 aromatic carbocycles. The van der Waals surface area contributed by atoms with E-state index in [9.17, 15) is 0 Å². The summed E-state index contributed by atoms with van der Waals surface area (Å²) in [5.74, 6) is 6.32. The molecule has 0 radical (unpaired) electrons. The third-order valence-corrected chi connectivity index (χ3v) is 1.85. The predicted octanol–water partition coefficient (Wildman–Crippen LogP) is 0.817. The Hall–Kier alpha value is -0.870. The molecule has 0 saturated carbocycles. The van der Waals surface area contributed by atoms with E-state index in [4.69, 9.17) is 5.84 Å². The van der Waals surface area contributed by atoms with Gasteiger partial charge in [-0.15, -0.1) is 0 Å². The third-order valence-electron chi connectivity index (χ3n) is 1.85. The van der Waals surface area contributed by atoms with Crippen LogP contribution in [0, 0.1) is 0 Å². The van der Waals surface area contributed by atoms with Crippen molar-refractivity contribution in [1.82, 2.24) is 15.0 Å². The average Bonchev–Trinajstić information content (AvgIpc) is 2.52. The molecule has 1 rings (SSSR count). The van der Waals surface area contributed by atoms with Crippen molar-refractivity contribution in [2.24, 2.45) is 5.84 Å². The van der Waals surface area contributed by atoms with Crippen LogP contribution in [0.5, 0.6) is 0 Å². The van der Waals surface area contributed by atoms with E-state index < -0.39 is 0 Å². The van der Waals surface area contributed by atoms with Crippen LogP contribution in [0.3, 0.4) is 0 Å². The molecular formula is C8H16N4. The molecule has 0 bridgehead atoms. The molecule has 1 unspecified atom stereocenters. The quantitative estimate of drug-likeness (QED) is 0.517. The molecule has 4 nitrogen and oxygen atoms in total. The van der Waals surface area contributed by atoms with Gasteiger partial charge in [0.05, 0.1) is 6.04 Å². The summed E-state index contributed by atoms with van der Waals surface area (Å²) in [5, 5.41) is 0. The topological polar surface area (TPSA) is 55.9 Å². The Morgan fingerprint density at radius 1 is 1.75 bits per heavy atom. The molecule has 1 heterocycles. The van der Waals surface area contributed by atoms with Gasteiger partial charge in [-0.05, 0) is 13.3 Å². The van der Waals surface area contributed by atoms with Crippen LogP contribution < -0.4 is 11.3 Å². The summed E-state index contributed by atoms with van der Waals surface area (Å²) in [6.07, 6.45) is 4.89. The van der Waals surface area contributed by atoms with Crippen molar-refractivity contribution in [2.45, 2.75) is 32.9 Å². The van der Waals surface area contributed by atoms with E-state index in [1.807, 2.05) is 13.1 Å². The number of imidazole rings is 1. The smallest absolute Gasteiger partial charge is 0.126 e. The SMILES string of the molecule is CCCn1ccnc1C(C)NN. The van der Waals surface area contributed by atoms with Gasteiger partial charge in [0.25, 0.3) is 0 Å². The van der Waals surface area contributed by atoms with Gasteiger partial charge in [-0.1, -0.05) is 6.92 Å². The highest BCUT2D eigenvalue weighted by Gasteiger charge is 2.08. The van der Waals surface area contributed by atoms with Gasteiger partial charge in [0.15, 0.2) is 0 Å². The maximum atomic E-state index is 5.32. The first-order valence-electron chi connectivity index (χ1n) is 4.26. The Balaban J connectivity index is 2.76. The maximum absolute atomic E-state index is 5.32. The van der Waals surface area contributed by atoms with Crippen LogP contribution in [0.1, 0.15) is 32.1 Å². The molecule has 4 heteroatoms. The van der Waals surface area contributed by atoms with Gasteiger partial charge < -0.3 is 4.57 Å². The molecule has 68 valence electrons. The second-order valence-electron chi connectivity index (χ2n) is 2.87. The number of nitrogens with zero attached hydrogens (tertiary/aromatic N) is 2. The number of hydrogen-bond acceptors (Lipinski definition) is 3. The normalized spacial score (nSPS) is 13.2. The van der Waals surface area contributed by atoms with Crippen LogP contribution in [-0.4, -0.2) is 9.55 Å². The minimum absolute atomic E-state index is 0.117. The molecule has 3 N–H and O–H groups in total. The van der Waals surface area contributed by atoms with Crippen molar-refractivity contribution in [3.63, 3.8) is 0 Å². The average molecular weight is 168 g/mol. The Kier molecular flexibility index (Phi) is 3.25. The molecule has 12 heavy (non-hydrogen) atoms. The lowest BCUT2D eigenvalue weighted by Gasteiger charge is -2.11. The molecule has 0 saturated heterocycles. The van der Waals surface area contributed by atoms with E-state index in [1.165, 1.54) is 0 Å². The summed E-state index contributed by atoms with van der Waals surface area (Å²) in [7, 11) is 0. The highest BCUT2D eigenvalue weighted by molar-refractivity contribution is 4.97. The minimum Gasteiger partial charge on any atom is -0.334 e. The summed E-state index contributed by atoms with van der Waals surface area (Å²) >= 11 is 0. The van der Waals surface area contributed by atoms with Crippen molar-refractivity contribution in [3.05, 3.63) is 18.2 Å². The largest absolute Gasteiger partial charge is 0.334 e. The fraction of sp³-hybridized carbons (Fsp3) is 0.625. The van der Waals surface area contributed by atoms with Crippen molar-refractivity contribution in [3.8, 4) is 0 Å². The number of rotatable bonds is 4. The van der Waals surface area contributed by atoms with Crippen molar-refractivity contribution >= 4 is 0 Å². The predicted molar refractivity (Wildman–Crippen MR) is 48.3 cm³/mol. The molecular weight excluding hydrogens is 152 g/mol. The van der Waals surface area contributed by atoms with Crippen LogP contribution in [-0.2, 0) is 6.54 Å². The summed E-state index contributed by atoms with van der Waals surface area (Å²) in [4.78, 5) is 4.23. The van der Waals surface area contributed by atoms with Gasteiger partial charge in [-0.2, -0.15) is 0 Å². The third kappa shape index (κ3) is 1.84. The molecule has 0 aliphatic rings. The minimum atomic E-state index is 0.117. The molecule has 1 aromatic rings. The van der Waals surface area contributed by atoms with Crippen LogP contribution in [0.2, 0.25) is 0 Å². The van der Waals surface area contributed by atoms with E-state index in [0.717, 1.165) is 18.8 Å².